The summed E-state index contributed by atoms with van der Waals surface area (Å²) in [6.45, 7) is 7.57. The molecule has 18 heavy (non-hydrogen) atoms. The SMILES string of the molecule is CCNCC(CCOCC)Cc1cccc(F)c1. The molecule has 0 aliphatic carbocycles. The number of ether oxygens (including phenoxy) is 1. The van der Waals surface area contributed by atoms with E-state index in [4.69, 9.17) is 4.74 Å². The van der Waals surface area contributed by atoms with E-state index in [1.165, 1.54) is 6.07 Å². The Labute approximate surface area is 110 Å². The summed E-state index contributed by atoms with van der Waals surface area (Å²) >= 11 is 0. The first-order valence-electron chi connectivity index (χ1n) is 6.79. The lowest BCUT2D eigenvalue weighted by Crippen LogP contribution is -2.25. The molecular weight excluding hydrogens is 229 g/mol. The number of halogens is 1. The number of nitrogens with one attached hydrogen (secondary N) is 1. The van der Waals surface area contributed by atoms with Crippen molar-refractivity contribution >= 4 is 0 Å². The molecular formula is C15H24FNO. The van der Waals surface area contributed by atoms with Gasteiger partial charge in [-0.25, -0.2) is 4.39 Å². The second-order valence-electron chi connectivity index (χ2n) is 4.49. The fourth-order valence-electron chi connectivity index (χ4n) is 2.02. The quantitative estimate of drug-likeness (QED) is 0.683. The topological polar surface area (TPSA) is 21.3 Å². The number of hydrogen-bond acceptors (Lipinski definition) is 2. The molecule has 0 aromatic heterocycles. The predicted octanol–water partition coefficient (Wildman–Crippen LogP) is 3.02. The van der Waals surface area contributed by atoms with Crippen LogP contribution < -0.4 is 5.32 Å². The van der Waals surface area contributed by atoms with Crippen molar-refractivity contribution in [2.75, 3.05) is 26.3 Å². The highest BCUT2D eigenvalue weighted by Gasteiger charge is 2.09. The molecule has 0 bridgehead atoms. The van der Waals surface area contributed by atoms with Crippen LogP contribution >= 0.6 is 0 Å². The van der Waals surface area contributed by atoms with E-state index < -0.39 is 0 Å². The third kappa shape index (κ3) is 6.12. The fraction of sp³-hybridized carbons (Fsp3) is 0.600. The van der Waals surface area contributed by atoms with Gasteiger partial charge in [-0.1, -0.05) is 19.1 Å². The van der Waals surface area contributed by atoms with Crippen LogP contribution in [-0.4, -0.2) is 26.3 Å². The molecule has 0 amide bonds. The van der Waals surface area contributed by atoms with Gasteiger partial charge in [0, 0.05) is 13.2 Å². The molecule has 0 aliphatic heterocycles. The van der Waals surface area contributed by atoms with E-state index in [-0.39, 0.29) is 5.82 Å². The predicted molar refractivity (Wildman–Crippen MR) is 73.2 cm³/mol. The Balaban J connectivity index is 2.48. The average Bonchev–Trinajstić information content (AvgIpc) is 2.36. The Morgan fingerprint density at radius 1 is 1.33 bits per heavy atom. The third-order valence-corrected chi connectivity index (χ3v) is 2.97. The van der Waals surface area contributed by atoms with Crippen LogP contribution in [0.5, 0.6) is 0 Å². The van der Waals surface area contributed by atoms with Gasteiger partial charge in [0.25, 0.3) is 0 Å². The Bertz CT molecular complexity index is 330. The van der Waals surface area contributed by atoms with Gasteiger partial charge in [-0.15, -0.1) is 0 Å². The molecule has 1 N–H and O–H groups in total. The van der Waals surface area contributed by atoms with Crippen molar-refractivity contribution in [2.45, 2.75) is 26.7 Å². The lowest BCUT2D eigenvalue weighted by molar-refractivity contribution is 0.131. The summed E-state index contributed by atoms with van der Waals surface area (Å²) in [7, 11) is 0. The monoisotopic (exact) mass is 253 g/mol. The lowest BCUT2D eigenvalue weighted by atomic mass is 9.96. The normalized spacial score (nSPS) is 12.6. The molecule has 1 aromatic rings. The van der Waals surface area contributed by atoms with Crippen LogP contribution in [0.1, 0.15) is 25.8 Å². The smallest absolute Gasteiger partial charge is 0.123 e. The summed E-state index contributed by atoms with van der Waals surface area (Å²) in [5.74, 6) is 0.345. The molecule has 0 fully saturated rings. The van der Waals surface area contributed by atoms with Crippen LogP contribution in [0.25, 0.3) is 0 Å². The van der Waals surface area contributed by atoms with Crippen molar-refractivity contribution in [1.29, 1.82) is 0 Å². The molecule has 1 aromatic carbocycles. The van der Waals surface area contributed by atoms with Crippen molar-refractivity contribution in [3.8, 4) is 0 Å². The standard InChI is InChI=1S/C15H24FNO/c1-3-17-12-14(8-9-18-4-2)10-13-6-5-7-15(16)11-13/h5-7,11,14,17H,3-4,8-10,12H2,1-2H3. The van der Waals surface area contributed by atoms with Gasteiger partial charge < -0.3 is 10.1 Å². The van der Waals surface area contributed by atoms with Crippen molar-refractivity contribution in [3.63, 3.8) is 0 Å². The molecule has 0 radical (unpaired) electrons. The van der Waals surface area contributed by atoms with Crippen LogP contribution in [0.15, 0.2) is 24.3 Å². The Morgan fingerprint density at radius 3 is 2.83 bits per heavy atom. The first-order valence-corrected chi connectivity index (χ1v) is 6.79. The van der Waals surface area contributed by atoms with Gasteiger partial charge in [-0.2, -0.15) is 0 Å². The molecule has 0 saturated heterocycles. The largest absolute Gasteiger partial charge is 0.382 e. The van der Waals surface area contributed by atoms with Crippen molar-refractivity contribution in [2.24, 2.45) is 5.92 Å². The summed E-state index contributed by atoms with van der Waals surface area (Å²) < 4.78 is 18.5. The van der Waals surface area contributed by atoms with E-state index in [0.717, 1.165) is 44.7 Å². The minimum absolute atomic E-state index is 0.153. The van der Waals surface area contributed by atoms with Crippen LogP contribution in [0.2, 0.25) is 0 Å². The number of hydrogen-bond donors (Lipinski definition) is 1. The molecule has 102 valence electrons. The summed E-state index contributed by atoms with van der Waals surface area (Å²) in [5.41, 5.74) is 1.06. The van der Waals surface area contributed by atoms with Crippen molar-refractivity contribution < 1.29 is 9.13 Å². The van der Waals surface area contributed by atoms with Crippen LogP contribution in [-0.2, 0) is 11.2 Å². The molecule has 1 rings (SSSR count). The molecule has 0 saturated carbocycles. The maximum absolute atomic E-state index is 13.1. The zero-order valence-corrected chi connectivity index (χ0v) is 11.4. The number of rotatable bonds is 9. The number of benzene rings is 1. The van der Waals surface area contributed by atoms with Crippen molar-refractivity contribution in [3.05, 3.63) is 35.6 Å². The fourth-order valence-corrected chi connectivity index (χ4v) is 2.02. The van der Waals surface area contributed by atoms with E-state index in [2.05, 4.69) is 12.2 Å². The zero-order valence-electron chi connectivity index (χ0n) is 11.4. The second-order valence-corrected chi connectivity index (χ2v) is 4.49. The average molecular weight is 253 g/mol. The van der Waals surface area contributed by atoms with E-state index in [1.54, 1.807) is 12.1 Å². The Morgan fingerprint density at radius 2 is 2.17 bits per heavy atom. The van der Waals surface area contributed by atoms with Gasteiger partial charge in [0.1, 0.15) is 5.82 Å². The summed E-state index contributed by atoms with van der Waals surface area (Å²) in [6, 6.07) is 6.88. The van der Waals surface area contributed by atoms with Crippen LogP contribution in [0.3, 0.4) is 0 Å². The summed E-state index contributed by atoms with van der Waals surface area (Å²) in [5, 5.41) is 3.36. The van der Waals surface area contributed by atoms with E-state index >= 15 is 0 Å². The summed E-state index contributed by atoms with van der Waals surface area (Å²) in [4.78, 5) is 0. The van der Waals surface area contributed by atoms with E-state index in [1.807, 2.05) is 13.0 Å². The van der Waals surface area contributed by atoms with Gasteiger partial charge >= 0.3 is 0 Å². The summed E-state index contributed by atoms with van der Waals surface area (Å²) in [6.07, 6.45) is 1.91. The first kappa shape index (κ1) is 15.1. The highest BCUT2D eigenvalue weighted by atomic mass is 19.1. The Kier molecular flexibility index (Phi) is 7.62. The molecule has 3 heteroatoms. The van der Waals surface area contributed by atoms with Gasteiger partial charge in [0.15, 0.2) is 0 Å². The Hall–Kier alpha value is -0.930. The van der Waals surface area contributed by atoms with Crippen LogP contribution in [0, 0.1) is 11.7 Å². The molecule has 0 heterocycles. The van der Waals surface area contributed by atoms with Gasteiger partial charge in [0.2, 0.25) is 0 Å². The molecule has 2 nitrogen and oxygen atoms in total. The van der Waals surface area contributed by atoms with E-state index in [0.29, 0.717) is 5.92 Å². The lowest BCUT2D eigenvalue weighted by Gasteiger charge is -2.17. The molecule has 0 spiro atoms. The van der Waals surface area contributed by atoms with Gasteiger partial charge in [-0.3, -0.25) is 0 Å². The van der Waals surface area contributed by atoms with Gasteiger partial charge in [-0.05, 0) is 56.5 Å². The highest BCUT2D eigenvalue weighted by molar-refractivity contribution is 5.16. The second kappa shape index (κ2) is 9.06. The van der Waals surface area contributed by atoms with Crippen molar-refractivity contribution in [1.82, 2.24) is 5.32 Å². The van der Waals surface area contributed by atoms with Crippen LogP contribution in [0.4, 0.5) is 4.39 Å². The maximum atomic E-state index is 13.1. The van der Waals surface area contributed by atoms with Gasteiger partial charge in [0.05, 0.1) is 0 Å². The maximum Gasteiger partial charge on any atom is 0.123 e. The van der Waals surface area contributed by atoms with E-state index in [9.17, 15) is 4.39 Å². The highest BCUT2D eigenvalue weighted by Crippen LogP contribution is 2.13. The molecule has 1 unspecified atom stereocenters. The molecule has 0 aliphatic rings. The molecule has 1 atom stereocenters. The zero-order chi connectivity index (χ0) is 13.2. The first-order chi connectivity index (χ1) is 8.76. The minimum Gasteiger partial charge on any atom is -0.382 e. The third-order valence-electron chi connectivity index (χ3n) is 2.97. The minimum atomic E-state index is -0.153.